The van der Waals surface area contributed by atoms with Crippen LogP contribution in [0.5, 0.6) is 0 Å². The van der Waals surface area contributed by atoms with Crippen molar-refractivity contribution in [3.8, 4) is 0 Å². The van der Waals surface area contributed by atoms with Crippen LogP contribution in [0.25, 0.3) is 10.8 Å². The van der Waals surface area contributed by atoms with Crippen molar-refractivity contribution in [1.82, 2.24) is 0 Å². The topological polar surface area (TPSA) is 43.4 Å². The van der Waals surface area contributed by atoms with Crippen LogP contribution >= 0.6 is 12.0 Å². The predicted molar refractivity (Wildman–Crippen MR) is 65.9 cm³/mol. The van der Waals surface area contributed by atoms with Crippen LogP contribution in [0.1, 0.15) is 0 Å². The van der Waals surface area contributed by atoms with E-state index in [-0.39, 0.29) is 12.0 Å². The molecular formula is C11H7F3O3S2. The van der Waals surface area contributed by atoms with Crippen molar-refractivity contribution in [1.29, 1.82) is 0 Å². The maximum absolute atomic E-state index is 12.1. The number of hydrogen-bond acceptors (Lipinski definition) is 4. The Bertz CT molecular complexity index is 690. The minimum Gasteiger partial charge on any atom is -0.189 e. The standard InChI is InChI=1S/C11H7F3O3S2/c12-11(13,14)19(15,16)17-18-10-7-3-5-8-4-1-2-6-9(8)10/h1-7H. The molecule has 19 heavy (non-hydrogen) atoms. The van der Waals surface area contributed by atoms with Crippen molar-refractivity contribution in [2.45, 2.75) is 10.4 Å². The van der Waals surface area contributed by atoms with E-state index in [0.717, 1.165) is 5.39 Å². The van der Waals surface area contributed by atoms with Crippen molar-refractivity contribution in [2.24, 2.45) is 0 Å². The van der Waals surface area contributed by atoms with Gasteiger partial charge in [0.25, 0.3) is 0 Å². The second-order valence-electron chi connectivity index (χ2n) is 3.53. The van der Waals surface area contributed by atoms with Crippen LogP contribution in [0.2, 0.25) is 0 Å². The molecule has 0 aliphatic rings. The smallest absolute Gasteiger partial charge is 0.189 e. The molecule has 0 saturated carbocycles. The third-order valence-electron chi connectivity index (χ3n) is 2.25. The zero-order valence-corrected chi connectivity index (χ0v) is 10.8. The summed E-state index contributed by atoms with van der Waals surface area (Å²) >= 11 is 0.176. The summed E-state index contributed by atoms with van der Waals surface area (Å²) in [5, 5.41) is 1.40. The van der Waals surface area contributed by atoms with E-state index in [1.807, 2.05) is 0 Å². The Hall–Kier alpha value is -1.25. The molecule has 0 bridgehead atoms. The first kappa shape index (κ1) is 14.2. The highest BCUT2D eigenvalue weighted by Gasteiger charge is 2.48. The van der Waals surface area contributed by atoms with E-state index in [0.29, 0.717) is 10.3 Å². The molecule has 0 spiro atoms. The van der Waals surface area contributed by atoms with Crippen LogP contribution in [0, 0.1) is 0 Å². The molecule has 0 aromatic heterocycles. The second-order valence-corrected chi connectivity index (χ2v) is 6.05. The molecule has 0 aliphatic carbocycles. The van der Waals surface area contributed by atoms with E-state index in [4.69, 9.17) is 0 Å². The summed E-state index contributed by atoms with van der Waals surface area (Å²) in [6.45, 7) is 0. The number of hydrogen-bond donors (Lipinski definition) is 0. The lowest BCUT2D eigenvalue weighted by atomic mass is 10.1. The van der Waals surface area contributed by atoms with E-state index in [1.54, 1.807) is 36.4 Å². The minimum atomic E-state index is -5.60. The highest BCUT2D eigenvalue weighted by atomic mass is 32.3. The average Bonchev–Trinajstić information content (AvgIpc) is 2.35. The van der Waals surface area contributed by atoms with Gasteiger partial charge in [0.05, 0.1) is 12.0 Å². The van der Waals surface area contributed by atoms with E-state index < -0.39 is 15.6 Å². The minimum absolute atomic E-state index is 0.176. The van der Waals surface area contributed by atoms with Gasteiger partial charge in [-0.2, -0.15) is 25.2 Å². The maximum Gasteiger partial charge on any atom is 0.524 e. The summed E-state index contributed by atoms with van der Waals surface area (Å²) in [5.41, 5.74) is -5.43. The van der Waals surface area contributed by atoms with E-state index in [9.17, 15) is 21.6 Å². The van der Waals surface area contributed by atoms with Crippen molar-refractivity contribution in [3.05, 3.63) is 42.5 Å². The quantitative estimate of drug-likeness (QED) is 0.640. The van der Waals surface area contributed by atoms with Crippen molar-refractivity contribution in [3.63, 3.8) is 0 Å². The first-order valence-corrected chi connectivity index (χ1v) is 7.11. The maximum atomic E-state index is 12.1. The second kappa shape index (κ2) is 5.03. The van der Waals surface area contributed by atoms with Gasteiger partial charge in [0.15, 0.2) is 0 Å². The first-order chi connectivity index (χ1) is 8.81. The summed E-state index contributed by atoms with van der Waals surface area (Å²) in [4.78, 5) is 0.297. The van der Waals surface area contributed by atoms with Gasteiger partial charge in [0, 0.05) is 4.90 Å². The zero-order chi connectivity index (χ0) is 14.1. The molecule has 102 valence electrons. The van der Waals surface area contributed by atoms with Crippen LogP contribution in [0.15, 0.2) is 47.4 Å². The Balaban J connectivity index is 2.29. The third kappa shape index (κ3) is 3.02. The molecule has 2 aromatic rings. The van der Waals surface area contributed by atoms with Crippen molar-refractivity contribution in [2.75, 3.05) is 0 Å². The lowest BCUT2D eigenvalue weighted by Crippen LogP contribution is -2.23. The van der Waals surface area contributed by atoms with Gasteiger partial charge in [-0.3, -0.25) is 0 Å². The fraction of sp³-hybridized carbons (Fsp3) is 0.0909. The normalized spacial score (nSPS) is 12.8. The summed E-state index contributed by atoms with van der Waals surface area (Å²) in [6.07, 6.45) is 0. The molecule has 0 N–H and O–H groups in total. The fourth-order valence-electron chi connectivity index (χ4n) is 1.39. The van der Waals surface area contributed by atoms with Gasteiger partial charge in [0.2, 0.25) is 0 Å². The van der Waals surface area contributed by atoms with Crippen molar-refractivity contribution < 1.29 is 25.2 Å². The molecule has 2 aromatic carbocycles. The SMILES string of the molecule is O=S(=O)(OSc1cccc2ccccc12)C(F)(F)F. The van der Waals surface area contributed by atoms with E-state index in [2.05, 4.69) is 3.63 Å². The van der Waals surface area contributed by atoms with Gasteiger partial charge in [-0.05, 0) is 16.8 Å². The molecule has 0 radical (unpaired) electrons. The van der Waals surface area contributed by atoms with Gasteiger partial charge >= 0.3 is 15.6 Å². The van der Waals surface area contributed by atoms with E-state index >= 15 is 0 Å². The van der Waals surface area contributed by atoms with Gasteiger partial charge in [-0.1, -0.05) is 36.4 Å². The summed E-state index contributed by atoms with van der Waals surface area (Å²) in [7, 11) is -5.60. The van der Waals surface area contributed by atoms with Gasteiger partial charge in [0.1, 0.15) is 0 Å². The molecular weight excluding hydrogens is 301 g/mol. The Labute approximate surface area is 111 Å². The molecule has 0 heterocycles. The van der Waals surface area contributed by atoms with Crippen LogP contribution in [-0.4, -0.2) is 13.9 Å². The zero-order valence-electron chi connectivity index (χ0n) is 9.22. The highest BCUT2D eigenvalue weighted by Crippen LogP contribution is 2.34. The Kier molecular flexibility index (Phi) is 3.75. The lowest BCUT2D eigenvalue weighted by Gasteiger charge is -2.08. The molecule has 0 aliphatic heterocycles. The molecule has 0 atom stereocenters. The van der Waals surface area contributed by atoms with Gasteiger partial charge < -0.3 is 0 Å². The number of fused-ring (bicyclic) bond motifs is 1. The number of benzene rings is 2. The Morgan fingerprint density at radius 3 is 2.32 bits per heavy atom. The molecule has 8 heteroatoms. The summed E-state index contributed by atoms with van der Waals surface area (Å²) in [5.74, 6) is 0. The monoisotopic (exact) mass is 308 g/mol. The third-order valence-corrected chi connectivity index (χ3v) is 4.34. The Morgan fingerprint density at radius 2 is 1.63 bits per heavy atom. The number of halogens is 3. The van der Waals surface area contributed by atoms with Crippen LogP contribution < -0.4 is 0 Å². The van der Waals surface area contributed by atoms with Crippen LogP contribution in [0.4, 0.5) is 13.2 Å². The lowest BCUT2D eigenvalue weighted by molar-refractivity contribution is -0.0494. The summed E-state index contributed by atoms with van der Waals surface area (Å²) in [6, 6.07) is 11.7. The Morgan fingerprint density at radius 1 is 1.00 bits per heavy atom. The first-order valence-electron chi connectivity index (χ1n) is 4.96. The van der Waals surface area contributed by atoms with Gasteiger partial charge in [-0.25, -0.2) is 0 Å². The predicted octanol–water partition coefficient (Wildman–Crippen LogP) is 3.71. The summed E-state index contributed by atoms with van der Waals surface area (Å²) < 4.78 is 61.9. The van der Waals surface area contributed by atoms with Crippen LogP contribution in [-0.2, 0) is 13.7 Å². The molecule has 0 fully saturated rings. The highest BCUT2D eigenvalue weighted by molar-refractivity contribution is 8.04. The van der Waals surface area contributed by atoms with Gasteiger partial charge in [-0.15, -0.1) is 0 Å². The molecule has 0 amide bonds. The molecule has 3 nitrogen and oxygen atoms in total. The van der Waals surface area contributed by atoms with E-state index in [1.165, 1.54) is 6.07 Å². The average molecular weight is 308 g/mol. The largest absolute Gasteiger partial charge is 0.524 e. The number of alkyl halides is 3. The van der Waals surface area contributed by atoms with Crippen molar-refractivity contribution >= 4 is 32.9 Å². The fourth-order valence-corrected chi connectivity index (χ4v) is 2.76. The molecule has 2 rings (SSSR count). The molecule has 0 saturated heterocycles. The van der Waals surface area contributed by atoms with Crippen LogP contribution in [0.3, 0.4) is 0 Å². The number of rotatable bonds is 3. The molecule has 0 unspecified atom stereocenters.